The van der Waals surface area contributed by atoms with Crippen LogP contribution >= 0.6 is 23.1 Å². The number of nitrogens with zero attached hydrogens (tertiary/aromatic N) is 4. The van der Waals surface area contributed by atoms with Gasteiger partial charge in [0.05, 0.1) is 11.3 Å². The van der Waals surface area contributed by atoms with Gasteiger partial charge >= 0.3 is 0 Å². The highest BCUT2D eigenvalue weighted by molar-refractivity contribution is 7.99. The molecule has 1 N–H and O–H groups in total. The van der Waals surface area contributed by atoms with Gasteiger partial charge in [-0.15, -0.1) is 21.5 Å². The SMILES string of the molecule is CC(C)Cn1c(=O)c2sccc2n2c(SCC(=O)N[C@H](C)CCc3ccccc3)nnc12. The van der Waals surface area contributed by atoms with E-state index in [9.17, 15) is 9.59 Å². The lowest BCUT2D eigenvalue weighted by atomic mass is 10.1. The van der Waals surface area contributed by atoms with Gasteiger partial charge in [-0.2, -0.15) is 0 Å². The maximum atomic E-state index is 12.9. The molecule has 3 aromatic heterocycles. The first-order valence-corrected chi connectivity index (χ1v) is 12.6. The third-order valence-electron chi connectivity index (χ3n) is 5.18. The Hall–Kier alpha value is -2.65. The van der Waals surface area contributed by atoms with E-state index in [4.69, 9.17) is 0 Å². The second kappa shape index (κ2) is 9.87. The molecule has 4 rings (SSSR count). The largest absolute Gasteiger partial charge is 0.353 e. The highest BCUT2D eigenvalue weighted by Crippen LogP contribution is 2.24. The molecule has 0 aliphatic carbocycles. The lowest BCUT2D eigenvalue weighted by molar-refractivity contribution is -0.119. The van der Waals surface area contributed by atoms with Gasteiger partial charge in [-0.05, 0) is 42.7 Å². The molecule has 4 aromatic rings. The van der Waals surface area contributed by atoms with Crippen molar-refractivity contribution in [3.8, 4) is 0 Å². The van der Waals surface area contributed by atoms with Crippen LogP contribution in [0.4, 0.5) is 0 Å². The summed E-state index contributed by atoms with van der Waals surface area (Å²) >= 11 is 2.76. The summed E-state index contributed by atoms with van der Waals surface area (Å²) in [6.45, 7) is 6.73. The smallest absolute Gasteiger partial charge is 0.272 e. The third kappa shape index (κ3) is 4.88. The van der Waals surface area contributed by atoms with Crippen molar-refractivity contribution in [1.29, 1.82) is 0 Å². The minimum absolute atomic E-state index is 0.0369. The summed E-state index contributed by atoms with van der Waals surface area (Å²) in [5.41, 5.74) is 2.02. The number of aryl methyl sites for hydroxylation is 1. The first kappa shape index (κ1) is 22.5. The molecule has 0 bridgehead atoms. The van der Waals surface area contributed by atoms with Gasteiger partial charge in [0.1, 0.15) is 4.70 Å². The summed E-state index contributed by atoms with van der Waals surface area (Å²) in [5, 5.41) is 14.2. The van der Waals surface area contributed by atoms with E-state index in [2.05, 4.69) is 41.5 Å². The molecule has 0 aliphatic rings. The second-order valence-electron chi connectivity index (χ2n) is 8.34. The number of aromatic nitrogens is 4. The fraction of sp³-hybridized carbons (Fsp3) is 0.391. The summed E-state index contributed by atoms with van der Waals surface area (Å²) in [4.78, 5) is 25.5. The lowest BCUT2D eigenvalue weighted by Crippen LogP contribution is -2.34. The van der Waals surface area contributed by atoms with Crippen LogP contribution in [0.5, 0.6) is 0 Å². The number of benzene rings is 1. The van der Waals surface area contributed by atoms with Crippen LogP contribution in [-0.2, 0) is 17.8 Å². The summed E-state index contributed by atoms with van der Waals surface area (Å²) in [5.74, 6) is 1.02. The maximum absolute atomic E-state index is 12.9. The molecule has 7 nitrogen and oxygen atoms in total. The number of rotatable bonds is 9. The van der Waals surface area contributed by atoms with E-state index in [-0.39, 0.29) is 23.3 Å². The van der Waals surface area contributed by atoms with Crippen LogP contribution in [-0.4, -0.2) is 36.9 Å². The van der Waals surface area contributed by atoms with E-state index >= 15 is 0 Å². The van der Waals surface area contributed by atoms with Crippen molar-refractivity contribution >= 4 is 45.0 Å². The number of thioether (sulfide) groups is 1. The molecule has 0 aliphatic heterocycles. The molecule has 1 amide bonds. The Balaban J connectivity index is 1.46. The number of fused-ring (bicyclic) bond motifs is 3. The summed E-state index contributed by atoms with van der Waals surface area (Å²) in [6.07, 6.45) is 1.80. The minimum Gasteiger partial charge on any atom is -0.353 e. The standard InChI is InChI=1S/C23H27N5O2S2/c1-15(2)13-27-21(30)20-18(11-12-31-20)28-22(27)25-26-23(28)32-14-19(29)24-16(3)9-10-17-7-5-4-6-8-17/h4-8,11-12,15-16H,9-10,13-14H2,1-3H3,(H,24,29)/t16-/m1/s1. The fourth-order valence-corrected chi connectivity index (χ4v) is 5.25. The van der Waals surface area contributed by atoms with Crippen LogP contribution in [0.2, 0.25) is 0 Å². The van der Waals surface area contributed by atoms with Crippen molar-refractivity contribution in [2.24, 2.45) is 5.92 Å². The zero-order valence-electron chi connectivity index (χ0n) is 18.4. The van der Waals surface area contributed by atoms with E-state index < -0.39 is 0 Å². The second-order valence-corrected chi connectivity index (χ2v) is 10.2. The topological polar surface area (TPSA) is 81.3 Å². The first-order chi connectivity index (χ1) is 15.4. The van der Waals surface area contributed by atoms with Gasteiger partial charge in [-0.3, -0.25) is 18.6 Å². The van der Waals surface area contributed by atoms with E-state index in [1.54, 1.807) is 4.57 Å². The van der Waals surface area contributed by atoms with Crippen molar-refractivity contribution in [3.63, 3.8) is 0 Å². The van der Waals surface area contributed by atoms with Crippen molar-refractivity contribution in [2.45, 2.75) is 51.4 Å². The lowest BCUT2D eigenvalue weighted by Gasteiger charge is -2.14. The normalized spacial score (nSPS) is 12.6. The predicted octanol–water partition coefficient (Wildman–Crippen LogP) is 3.99. The zero-order valence-corrected chi connectivity index (χ0v) is 20.1. The number of carbonyl (C=O) groups is 1. The molecular weight excluding hydrogens is 442 g/mol. The van der Waals surface area contributed by atoms with Gasteiger partial charge in [0.15, 0.2) is 5.16 Å². The van der Waals surface area contributed by atoms with Crippen molar-refractivity contribution in [1.82, 2.24) is 24.5 Å². The molecule has 0 unspecified atom stereocenters. The highest BCUT2D eigenvalue weighted by atomic mass is 32.2. The summed E-state index contributed by atoms with van der Waals surface area (Å²) in [6, 6.07) is 12.3. The molecule has 168 valence electrons. The van der Waals surface area contributed by atoms with Crippen LogP contribution in [0.3, 0.4) is 0 Å². The Bertz CT molecular complexity index is 1280. The third-order valence-corrected chi connectivity index (χ3v) is 7.00. The van der Waals surface area contributed by atoms with Gasteiger partial charge in [-0.25, -0.2) is 0 Å². The number of hydrogen-bond acceptors (Lipinski definition) is 6. The average Bonchev–Trinajstić information content (AvgIpc) is 3.41. The maximum Gasteiger partial charge on any atom is 0.272 e. The summed E-state index contributed by atoms with van der Waals surface area (Å²) < 4.78 is 4.26. The van der Waals surface area contributed by atoms with Crippen LogP contribution < -0.4 is 10.9 Å². The Labute approximate surface area is 194 Å². The van der Waals surface area contributed by atoms with Crippen molar-refractivity contribution < 1.29 is 4.79 Å². The first-order valence-electron chi connectivity index (χ1n) is 10.7. The molecule has 0 saturated carbocycles. The highest BCUT2D eigenvalue weighted by Gasteiger charge is 2.19. The molecule has 32 heavy (non-hydrogen) atoms. The van der Waals surface area contributed by atoms with Gasteiger partial charge in [-0.1, -0.05) is 55.9 Å². The number of thiophene rings is 1. The molecule has 0 saturated heterocycles. The van der Waals surface area contributed by atoms with Gasteiger partial charge in [0.2, 0.25) is 11.7 Å². The van der Waals surface area contributed by atoms with Gasteiger partial charge in [0.25, 0.3) is 5.56 Å². The molecular formula is C23H27N5O2S2. The monoisotopic (exact) mass is 469 g/mol. The Morgan fingerprint density at radius 1 is 1.16 bits per heavy atom. The number of hydrogen-bond donors (Lipinski definition) is 1. The van der Waals surface area contributed by atoms with Crippen LogP contribution in [0, 0.1) is 5.92 Å². The quantitative estimate of drug-likeness (QED) is 0.375. The molecule has 1 atom stereocenters. The number of carbonyl (C=O) groups excluding carboxylic acids is 1. The Kier molecular flexibility index (Phi) is 6.95. The molecule has 0 spiro atoms. The van der Waals surface area contributed by atoms with E-state index in [0.717, 1.165) is 18.4 Å². The predicted molar refractivity (Wildman–Crippen MR) is 131 cm³/mol. The molecule has 0 fully saturated rings. The Morgan fingerprint density at radius 2 is 1.94 bits per heavy atom. The molecule has 9 heteroatoms. The molecule has 1 aromatic carbocycles. The van der Waals surface area contributed by atoms with Crippen LogP contribution in [0.1, 0.15) is 32.8 Å². The van der Waals surface area contributed by atoms with Crippen molar-refractivity contribution in [3.05, 3.63) is 57.7 Å². The number of nitrogens with one attached hydrogen (secondary N) is 1. The van der Waals surface area contributed by atoms with Gasteiger partial charge in [0, 0.05) is 12.6 Å². The van der Waals surface area contributed by atoms with E-state index in [1.807, 2.05) is 41.0 Å². The van der Waals surface area contributed by atoms with Crippen LogP contribution in [0.15, 0.2) is 51.7 Å². The molecule has 0 radical (unpaired) electrons. The molecule has 3 heterocycles. The zero-order chi connectivity index (χ0) is 22.7. The average molecular weight is 470 g/mol. The van der Waals surface area contributed by atoms with E-state index in [0.29, 0.717) is 28.1 Å². The van der Waals surface area contributed by atoms with E-state index in [1.165, 1.54) is 28.7 Å². The number of amides is 1. The summed E-state index contributed by atoms with van der Waals surface area (Å²) in [7, 11) is 0. The minimum atomic E-state index is -0.0376. The fourth-order valence-electron chi connectivity index (χ4n) is 3.67. The van der Waals surface area contributed by atoms with Gasteiger partial charge < -0.3 is 5.32 Å². The Morgan fingerprint density at radius 3 is 2.69 bits per heavy atom. The van der Waals surface area contributed by atoms with Crippen molar-refractivity contribution in [2.75, 3.05) is 5.75 Å². The van der Waals surface area contributed by atoms with Crippen LogP contribution in [0.25, 0.3) is 16.0 Å².